The summed E-state index contributed by atoms with van der Waals surface area (Å²) in [6, 6.07) is 6.70. The topological polar surface area (TPSA) is 164 Å². The maximum atomic E-state index is 14.0. The summed E-state index contributed by atoms with van der Waals surface area (Å²) in [4.78, 5) is 43.3. The van der Waals surface area contributed by atoms with Gasteiger partial charge in [-0.1, -0.05) is 17.2 Å². The molecule has 5 heterocycles. The number of nitrogens with zero attached hydrogens (tertiary/aromatic N) is 8. The lowest BCUT2D eigenvalue weighted by molar-refractivity contribution is -0.104. The number of nitrogens with one attached hydrogen (secondary N) is 2. The van der Waals surface area contributed by atoms with Crippen LogP contribution in [0.4, 0.5) is 47.4 Å². The first-order valence-electron chi connectivity index (χ1n) is 17.9. The van der Waals surface area contributed by atoms with Crippen LogP contribution in [0.1, 0.15) is 47.8 Å². The number of hydrogen-bond donors (Lipinski definition) is 2. The lowest BCUT2D eigenvalue weighted by Gasteiger charge is -2.40. The van der Waals surface area contributed by atoms with Crippen LogP contribution < -0.4 is 15.0 Å². The normalized spacial score (nSPS) is 21.7. The van der Waals surface area contributed by atoms with E-state index in [2.05, 4.69) is 35.9 Å². The van der Waals surface area contributed by atoms with Crippen LogP contribution in [0.25, 0.3) is 22.3 Å². The number of halogens is 7. The van der Waals surface area contributed by atoms with Crippen LogP contribution in [0, 0.1) is 12.8 Å². The monoisotopic (exact) mass is 814 g/mol. The van der Waals surface area contributed by atoms with Crippen molar-refractivity contribution in [2.45, 2.75) is 69.3 Å². The van der Waals surface area contributed by atoms with Crippen molar-refractivity contribution in [2.24, 2.45) is 5.92 Å². The molecule has 4 aliphatic rings. The third-order valence-electron chi connectivity index (χ3n) is 11.2. The molecule has 0 radical (unpaired) electrons. The maximum Gasteiger partial charge on any atom is 0.416 e. The van der Waals surface area contributed by atoms with Crippen LogP contribution in [0.2, 0.25) is 0 Å². The Morgan fingerprint density at radius 1 is 1.05 bits per heavy atom. The van der Waals surface area contributed by atoms with Gasteiger partial charge in [-0.05, 0) is 73.7 Å². The summed E-state index contributed by atoms with van der Waals surface area (Å²) in [5, 5.41) is 15.6. The quantitative estimate of drug-likeness (QED) is 0.173. The van der Waals surface area contributed by atoms with E-state index in [4.69, 9.17) is 14.5 Å². The van der Waals surface area contributed by atoms with Crippen molar-refractivity contribution < 1.29 is 49.8 Å². The first-order valence-corrected chi connectivity index (χ1v) is 17.9. The Morgan fingerprint density at radius 2 is 1.81 bits per heavy atom. The highest BCUT2D eigenvalue weighted by molar-refractivity contribution is 6.03. The molecule has 3 aromatic heterocycles. The number of methoxy groups -OCH3 is 1. The molecule has 58 heavy (non-hydrogen) atoms. The minimum absolute atomic E-state index is 0.00743. The fraction of sp³-hybridized carbons (Fsp3) is 0.405. The Labute approximate surface area is 324 Å². The predicted molar refractivity (Wildman–Crippen MR) is 190 cm³/mol. The molecular weight excluding hydrogens is 781 g/mol. The summed E-state index contributed by atoms with van der Waals surface area (Å²) in [5.41, 5.74) is -2.73. The van der Waals surface area contributed by atoms with Gasteiger partial charge in [0.2, 0.25) is 11.8 Å². The number of tetrazole rings is 1. The lowest BCUT2D eigenvalue weighted by Crippen LogP contribution is -2.51. The zero-order valence-electron chi connectivity index (χ0n) is 30.9. The van der Waals surface area contributed by atoms with Crippen molar-refractivity contribution in [3.8, 4) is 28.1 Å². The maximum absolute atomic E-state index is 14.0. The molecule has 4 aromatic rings. The molecule has 8 rings (SSSR count). The average Bonchev–Trinajstić information content (AvgIpc) is 3.76. The lowest BCUT2D eigenvalue weighted by atomic mass is 9.73. The number of H-pyrrole nitrogens is 1. The highest BCUT2D eigenvalue weighted by Crippen LogP contribution is 2.61. The number of hydrogen-bond acceptors (Lipinski definition) is 11. The van der Waals surface area contributed by atoms with Gasteiger partial charge in [-0.2, -0.15) is 31.6 Å². The van der Waals surface area contributed by atoms with Gasteiger partial charge in [-0.25, -0.2) is 24.1 Å². The van der Waals surface area contributed by atoms with E-state index in [1.807, 2.05) is 0 Å². The van der Waals surface area contributed by atoms with E-state index in [1.165, 1.54) is 25.1 Å². The smallest absolute Gasteiger partial charge is 0.416 e. The number of aryl methyl sites for hydroxylation is 1. The highest BCUT2D eigenvalue weighted by Gasteiger charge is 2.72. The second-order valence-corrected chi connectivity index (χ2v) is 14.7. The molecule has 2 N–H and O–H groups in total. The standard InChI is InChI=1S/C37H33F7N10O4/c1-18-8-19(29(55)48-31-49-51-52-50-31)4-5-25(18)20-9-26(30(57-3)45-13-20)27-14-46-32(53-15-24(38)16-53)47-28(27)17-54-33(56)58-34(2,35(54)6-7-35)21-10-22(36(39,40)41)12-23(11-21)37(42,43)44/h4-5,8-10,12-14,21,24H,6-7,11,15-17H2,1-3H3,(H2,48,49,50,51,52,55). The zero-order valence-corrected chi connectivity index (χ0v) is 30.9. The molecule has 0 bridgehead atoms. The van der Waals surface area contributed by atoms with E-state index >= 15 is 0 Å². The van der Waals surface area contributed by atoms with Crippen molar-refractivity contribution in [2.75, 3.05) is 30.4 Å². The van der Waals surface area contributed by atoms with Crippen LogP contribution in [0.15, 0.2) is 60.0 Å². The van der Waals surface area contributed by atoms with Crippen LogP contribution in [0.3, 0.4) is 0 Å². The number of carbonyl (C=O) groups excluding carboxylic acids is 2. The molecule has 2 unspecified atom stereocenters. The van der Waals surface area contributed by atoms with Gasteiger partial charge in [0.1, 0.15) is 11.8 Å². The van der Waals surface area contributed by atoms with Gasteiger partial charge in [0.25, 0.3) is 11.9 Å². The molecule has 1 spiro atoms. The van der Waals surface area contributed by atoms with E-state index in [0.29, 0.717) is 39.5 Å². The summed E-state index contributed by atoms with van der Waals surface area (Å²) in [5.74, 6) is -1.67. The van der Waals surface area contributed by atoms with Gasteiger partial charge >= 0.3 is 18.4 Å². The van der Waals surface area contributed by atoms with Gasteiger partial charge in [-0.3, -0.25) is 15.0 Å². The van der Waals surface area contributed by atoms with E-state index < -0.39 is 65.1 Å². The van der Waals surface area contributed by atoms with E-state index in [9.17, 15) is 40.3 Å². The van der Waals surface area contributed by atoms with Gasteiger partial charge in [0.15, 0.2) is 0 Å². The third-order valence-corrected chi connectivity index (χ3v) is 11.2. The molecule has 2 atom stereocenters. The summed E-state index contributed by atoms with van der Waals surface area (Å²) in [6.45, 7) is 2.89. The Bertz CT molecular complexity index is 2360. The number of cyclic esters (lactones) is 1. The Morgan fingerprint density at radius 3 is 2.43 bits per heavy atom. The number of alkyl halides is 7. The SMILES string of the molecule is COc1ncc(-c2ccc(C(=O)Nc3nn[nH]n3)cc2C)cc1-c1cnc(N2CC(F)C2)nc1CN1C(=O)OC(C)(C2C=C(C(F)(F)F)C=C(C(F)(F)F)C2)C12CC2. The first-order chi connectivity index (χ1) is 27.4. The molecule has 21 heteroatoms. The Kier molecular flexibility index (Phi) is 9.18. The highest BCUT2D eigenvalue weighted by atomic mass is 19.4. The van der Waals surface area contributed by atoms with Crippen molar-refractivity contribution in [1.29, 1.82) is 0 Å². The number of pyridine rings is 1. The third kappa shape index (κ3) is 6.74. The van der Waals surface area contributed by atoms with Crippen molar-refractivity contribution in [3.05, 3.63) is 76.8 Å². The molecule has 2 saturated heterocycles. The van der Waals surface area contributed by atoms with Crippen molar-refractivity contribution in [1.82, 2.24) is 40.5 Å². The Balaban J connectivity index is 1.16. The van der Waals surface area contributed by atoms with Crippen LogP contribution in [-0.4, -0.2) is 102 Å². The minimum Gasteiger partial charge on any atom is -0.481 e. The number of aromatic amines is 1. The number of anilines is 2. The summed E-state index contributed by atoms with van der Waals surface area (Å²) in [7, 11) is 1.39. The number of amides is 2. The first kappa shape index (κ1) is 38.7. The molecule has 2 aliphatic heterocycles. The molecule has 2 amide bonds. The fourth-order valence-corrected chi connectivity index (χ4v) is 7.95. The van der Waals surface area contributed by atoms with Crippen LogP contribution in [-0.2, 0) is 11.3 Å². The Hall–Kier alpha value is -6.15. The van der Waals surface area contributed by atoms with Crippen molar-refractivity contribution in [3.63, 3.8) is 0 Å². The van der Waals surface area contributed by atoms with Gasteiger partial charge < -0.3 is 14.4 Å². The average molecular weight is 815 g/mol. The molecule has 14 nitrogen and oxygen atoms in total. The number of rotatable bonds is 9. The summed E-state index contributed by atoms with van der Waals surface area (Å²) >= 11 is 0. The number of allylic oxidation sites excluding steroid dienone is 3. The van der Waals surface area contributed by atoms with E-state index in [-0.39, 0.29) is 62.0 Å². The van der Waals surface area contributed by atoms with Gasteiger partial charge in [-0.15, -0.1) is 5.10 Å². The number of benzene rings is 1. The number of ether oxygens (including phenoxy) is 2. The van der Waals surface area contributed by atoms with E-state index in [1.54, 1.807) is 42.3 Å². The molecule has 3 fully saturated rings. The minimum atomic E-state index is -5.08. The molecule has 2 aliphatic carbocycles. The van der Waals surface area contributed by atoms with E-state index in [0.717, 1.165) is 0 Å². The molecule has 1 aromatic carbocycles. The molecule has 1 saturated carbocycles. The number of aromatic nitrogens is 7. The van der Waals surface area contributed by atoms with Crippen LogP contribution in [0.5, 0.6) is 5.88 Å². The van der Waals surface area contributed by atoms with Gasteiger partial charge in [0, 0.05) is 46.1 Å². The summed E-state index contributed by atoms with van der Waals surface area (Å²) < 4.78 is 109. The molecular formula is C37H33F7N10O4. The van der Waals surface area contributed by atoms with Gasteiger partial charge in [0.05, 0.1) is 43.6 Å². The fourth-order valence-electron chi connectivity index (χ4n) is 7.95. The second-order valence-electron chi connectivity index (χ2n) is 14.7. The zero-order chi connectivity index (χ0) is 41.4. The predicted octanol–water partition coefficient (Wildman–Crippen LogP) is 6.69. The second kappa shape index (κ2) is 13.8. The number of carbonyl (C=O) groups is 2. The van der Waals surface area contributed by atoms with Crippen LogP contribution >= 0.6 is 0 Å². The van der Waals surface area contributed by atoms with Crippen molar-refractivity contribution >= 4 is 23.9 Å². The molecule has 304 valence electrons. The summed E-state index contributed by atoms with van der Waals surface area (Å²) in [6.07, 6.45) is -8.72. The largest absolute Gasteiger partial charge is 0.481 e.